The maximum Gasteiger partial charge on any atom is 0.472 e. The zero-order valence-corrected chi connectivity index (χ0v) is 38.1. The number of carbonyl (C=O) groups excluding carboxylic acids is 2. The van der Waals surface area contributed by atoms with E-state index in [0.29, 0.717) is 19.3 Å². The van der Waals surface area contributed by atoms with Gasteiger partial charge in [0.1, 0.15) is 43.2 Å². The molecule has 0 aromatic rings. The number of aliphatic hydroxyl groups is 5. The van der Waals surface area contributed by atoms with Crippen molar-refractivity contribution in [2.75, 3.05) is 13.2 Å². The molecule has 1 aliphatic carbocycles. The Morgan fingerprint density at radius 3 is 1.46 bits per heavy atom. The summed E-state index contributed by atoms with van der Waals surface area (Å²) in [4.78, 5) is 35.6. The molecule has 0 heterocycles. The van der Waals surface area contributed by atoms with Crippen molar-refractivity contribution in [2.45, 2.75) is 211 Å². The van der Waals surface area contributed by atoms with E-state index in [0.717, 1.165) is 38.5 Å². The first-order chi connectivity index (χ1) is 29.4. The Labute approximate surface area is 366 Å². The second kappa shape index (κ2) is 37.0. The Morgan fingerprint density at radius 1 is 0.508 bits per heavy atom. The van der Waals surface area contributed by atoms with Gasteiger partial charge in [-0.25, -0.2) is 4.57 Å². The molecule has 0 aromatic heterocycles. The fraction of sp³-hybridized carbons (Fsp3) is 0.745. The Bertz CT molecular complexity index is 1300. The van der Waals surface area contributed by atoms with Crippen LogP contribution in [0.4, 0.5) is 0 Å². The maximum absolute atomic E-state index is 12.8. The van der Waals surface area contributed by atoms with Gasteiger partial charge in [-0.15, -0.1) is 0 Å². The van der Waals surface area contributed by atoms with E-state index in [9.17, 15) is 44.6 Å². The third kappa shape index (κ3) is 29.5. The van der Waals surface area contributed by atoms with Crippen LogP contribution in [0, 0.1) is 0 Å². The summed E-state index contributed by atoms with van der Waals surface area (Å²) in [6.07, 6.45) is 31.5. The first kappa shape index (κ1) is 56.6. The van der Waals surface area contributed by atoms with Gasteiger partial charge in [-0.2, -0.15) is 0 Å². The molecule has 0 bridgehead atoms. The van der Waals surface area contributed by atoms with Crippen LogP contribution >= 0.6 is 7.82 Å². The molecule has 6 unspecified atom stereocenters. The van der Waals surface area contributed by atoms with Crippen LogP contribution in [0.1, 0.15) is 168 Å². The van der Waals surface area contributed by atoms with Gasteiger partial charge < -0.3 is 39.9 Å². The lowest BCUT2D eigenvalue weighted by molar-refractivity contribution is -0.220. The van der Waals surface area contributed by atoms with E-state index >= 15 is 0 Å². The zero-order chi connectivity index (χ0) is 45.0. The van der Waals surface area contributed by atoms with E-state index in [1.54, 1.807) is 0 Å². The first-order valence-corrected chi connectivity index (χ1v) is 24.6. The largest absolute Gasteiger partial charge is 0.472 e. The van der Waals surface area contributed by atoms with Crippen LogP contribution in [0.25, 0.3) is 0 Å². The van der Waals surface area contributed by atoms with E-state index in [1.165, 1.54) is 83.5 Å². The number of rotatable bonds is 37. The van der Waals surface area contributed by atoms with Crippen molar-refractivity contribution in [3.8, 4) is 0 Å². The Morgan fingerprint density at radius 2 is 0.918 bits per heavy atom. The number of hydrogen-bond donors (Lipinski definition) is 6. The number of phosphoric acid groups is 1. The van der Waals surface area contributed by atoms with Gasteiger partial charge in [-0.05, 0) is 64.2 Å². The molecule has 1 saturated carbocycles. The lowest BCUT2D eigenvalue weighted by Gasteiger charge is -2.41. The normalized spacial score (nSPS) is 22.6. The van der Waals surface area contributed by atoms with Gasteiger partial charge in [0, 0.05) is 12.8 Å². The van der Waals surface area contributed by atoms with Crippen LogP contribution in [0.3, 0.4) is 0 Å². The molecule has 0 aliphatic heterocycles. The predicted molar refractivity (Wildman–Crippen MR) is 239 cm³/mol. The topological polar surface area (TPSA) is 210 Å². The van der Waals surface area contributed by atoms with Crippen molar-refractivity contribution in [2.24, 2.45) is 0 Å². The summed E-state index contributed by atoms with van der Waals surface area (Å²) >= 11 is 0. The van der Waals surface area contributed by atoms with Gasteiger partial charge in [-0.1, -0.05) is 152 Å². The molecule has 0 aromatic carbocycles. The highest BCUT2D eigenvalue weighted by molar-refractivity contribution is 7.47. The minimum atomic E-state index is -5.14. The SMILES string of the molecule is CCCCC/C=C/C/C=C/C/C=C/C/C=C/CCCC(=O)O[C@H](COC(=O)CC/C=C/CCCCCCCCCCCCC)COP(=O)(O)OC1C(O)C(O)C(O)[C@H](O)C1O. The van der Waals surface area contributed by atoms with Crippen molar-refractivity contribution in [1.82, 2.24) is 0 Å². The van der Waals surface area contributed by atoms with Gasteiger partial charge >= 0.3 is 19.8 Å². The van der Waals surface area contributed by atoms with Gasteiger partial charge in [0.05, 0.1) is 6.61 Å². The number of carbonyl (C=O) groups is 2. The lowest BCUT2D eigenvalue weighted by atomic mass is 9.85. The molecule has 0 spiro atoms. The van der Waals surface area contributed by atoms with Crippen LogP contribution in [-0.4, -0.2) is 98.3 Å². The van der Waals surface area contributed by atoms with Crippen LogP contribution < -0.4 is 0 Å². The molecular formula is C47H81O13P. The predicted octanol–water partition coefficient (Wildman–Crippen LogP) is 8.94. The first-order valence-electron chi connectivity index (χ1n) is 23.1. The number of unbranched alkanes of at least 4 members (excludes halogenated alkanes) is 15. The molecule has 1 fully saturated rings. The zero-order valence-electron chi connectivity index (χ0n) is 37.2. The van der Waals surface area contributed by atoms with Crippen LogP contribution in [-0.2, 0) is 32.7 Å². The highest BCUT2D eigenvalue weighted by Gasteiger charge is 2.51. The number of ether oxygens (including phenoxy) is 2. The van der Waals surface area contributed by atoms with Crippen molar-refractivity contribution in [3.05, 3.63) is 60.8 Å². The molecule has 13 nitrogen and oxygen atoms in total. The molecule has 0 amide bonds. The summed E-state index contributed by atoms with van der Waals surface area (Å²) in [5.41, 5.74) is 0. The Hall–Kier alpha value is -2.45. The number of aliphatic hydroxyl groups excluding tert-OH is 5. The summed E-state index contributed by atoms with van der Waals surface area (Å²) in [7, 11) is -5.14. The Kier molecular flexibility index (Phi) is 34.3. The van der Waals surface area contributed by atoms with Crippen molar-refractivity contribution >= 4 is 19.8 Å². The summed E-state index contributed by atoms with van der Waals surface area (Å²) in [5.74, 6) is -1.22. The third-order valence-corrected chi connectivity index (χ3v) is 11.3. The molecular weight excluding hydrogens is 803 g/mol. The molecule has 1 rings (SSSR count). The molecule has 352 valence electrons. The highest BCUT2D eigenvalue weighted by Crippen LogP contribution is 2.47. The summed E-state index contributed by atoms with van der Waals surface area (Å²) in [6, 6.07) is 0. The minimum Gasteiger partial charge on any atom is -0.462 e. The summed E-state index contributed by atoms with van der Waals surface area (Å²) in [5, 5.41) is 50.1. The van der Waals surface area contributed by atoms with Crippen LogP contribution in [0.5, 0.6) is 0 Å². The second-order valence-electron chi connectivity index (χ2n) is 15.9. The van der Waals surface area contributed by atoms with E-state index in [4.69, 9.17) is 18.5 Å². The maximum atomic E-state index is 12.8. The molecule has 8 atom stereocenters. The van der Waals surface area contributed by atoms with Crippen molar-refractivity contribution in [1.29, 1.82) is 0 Å². The number of esters is 2. The van der Waals surface area contributed by atoms with Crippen molar-refractivity contribution in [3.63, 3.8) is 0 Å². The fourth-order valence-corrected chi connectivity index (χ4v) is 7.56. The van der Waals surface area contributed by atoms with Crippen LogP contribution in [0.2, 0.25) is 0 Å². The van der Waals surface area contributed by atoms with Crippen molar-refractivity contribution < 1.29 is 63.1 Å². The smallest absolute Gasteiger partial charge is 0.462 e. The minimum absolute atomic E-state index is 0.0121. The molecule has 14 heteroatoms. The van der Waals surface area contributed by atoms with E-state index in [1.807, 2.05) is 18.2 Å². The highest BCUT2D eigenvalue weighted by atomic mass is 31.2. The van der Waals surface area contributed by atoms with Gasteiger partial charge in [-0.3, -0.25) is 18.6 Å². The molecule has 0 saturated heterocycles. The standard InChI is InChI=1S/C47H81O13P/c1-3-5-7-9-11-13-15-17-19-20-22-24-26-28-30-32-34-36-41(49)59-39(38-58-61(55,56)60-47-45(53)43(51)42(50)44(52)46(47)54)37-57-40(48)35-33-31-29-27-25-23-21-18-16-14-12-10-8-6-4-2/h11,13,17,19,22,24,28-31,39,42-47,50-54H,3-10,12,14-16,18,20-21,23,25-27,32-38H2,1-2H3,(H,55,56)/b13-11+,19-17+,24-22+,30-28+,31-29+/t39-,42?,43+,44?,45?,46?,47?/m1/s1. The summed E-state index contributed by atoms with van der Waals surface area (Å²) < 4.78 is 33.4. The number of hydrogen-bond acceptors (Lipinski definition) is 12. The molecule has 6 N–H and O–H groups in total. The third-order valence-electron chi connectivity index (χ3n) is 10.3. The van der Waals surface area contributed by atoms with Gasteiger partial charge in [0.25, 0.3) is 0 Å². The number of allylic oxidation sites excluding steroid dienone is 10. The average Bonchev–Trinajstić information content (AvgIpc) is 3.24. The molecule has 1 aliphatic rings. The van der Waals surface area contributed by atoms with Gasteiger partial charge in [0.2, 0.25) is 0 Å². The van der Waals surface area contributed by atoms with Crippen LogP contribution in [0.15, 0.2) is 60.8 Å². The molecule has 61 heavy (non-hydrogen) atoms. The summed E-state index contributed by atoms with van der Waals surface area (Å²) in [6.45, 7) is 3.18. The monoisotopic (exact) mass is 885 g/mol. The average molecular weight is 885 g/mol. The molecule has 0 radical (unpaired) electrons. The van der Waals surface area contributed by atoms with E-state index < -0.39 is 75.7 Å². The number of phosphoric ester groups is 1. The lowest BCUT2D eigenvalue weighted by Crippen LogP contribution is -2.64. The van der Waals surface area contributed by atoms with E-state index in [2.05, 4.69) is 56.4 Å². The quantitative estimate of drug-likeness (QED) is 0.0149. The Balaban J connectivity index is 2.53. The second-order valence-corrected chi connectivity index (χ2v) is 17.3. The fourth-order valence-electron chi connectivity index (χ4n) is 6.59. The van der Waals surface area contributed by atoms with E-state index in [-0.39, 0.29) is 12.8 Å². The van der Waals surface area contributed by atoms with Gasteiger partial charge in [0.15, 0.2) is 6.10 Å².